The Hall–Kier alpha value is -1.27. The second kappa shape index (κ2) is 7.66. The van der Waals surface area contributed by atoms with Gasteiger partial charge in [0.1, 0.15) is 0 Å². The molecule has 1 saturated heterocycles. The number of alkyl halides is 3. The fourth-order valence-electron chi connectivity index (χ4n) is 2.27. The zero-order chi connectivity index (χ0) is 14.6. The lowest BCUT2D eigenvalue weighted by atomic mass is 9.99. The van der Waals surface area contributed by atoms with Crippen LogP contribution in [-0.4, -0.2) is 19.0 Å². The molecule has 1 aliphatic rings. The third-order valence-corrected chi connectivity index (χ3v) is 3.39. The topological polar surface area (TPSA) is 41.1 Å². The monoisotopic (exact) mass is 322 g/mol. The summed E-state index contributed by atoms with van der Waals surface area (Å²) in [6, 6.07) is 5.02. The lowest BCUT2D eigenvalue weighted by molar-refractivity contribution is -0.137. The molecule has 118 valence electrons. The molecule has 3 nitrogen and oxygen atoms in total. The smallest absolute Gasteiger partial charge is 0.352 e. The SMILES string of the molecule is Cl.O=C(NCc1cccc(C(F)(F)F)c1)[C@@H]1CCCNC1. The van der Waals surface area contributed by atoms with Crippen LogP contribution >= 0.6 is 12.4 Å². The van der Waals surface area contributed by atoms with E-state index in [0.717, 1.165) is 31.5 Å². The maximum absolute atomic E-state index is 12.6. The Kier molecular flexibility index (Phi) is 6.48. The summed E-state index contributed by atoms with van der Waals surface area (Å²) in [5.74, 6) is -0.191. The van der Waals surface area contributed by atoms with Crippen LogP contribution in [0.2, 0.25) is 0 Å². The van der Waals surface area contributed by atoms with Gasteiger partial charge in [-0.05, 0) is 37.1 Å². The predicted octanol–water partition coefficient (Wildman–Crippen LogP) is 2.74. The van der Waals surface area contributed by atoms with Gasteiger partial charge in [-0.25, -0.2) is 0 Å². The summed E-state index contributed by atoms with van der Waals surface area (Å²) in [5, 5.41) is 5.83. The van der Waals surface area contributed by atoms with Crippen LogP contribution in [0.5, 0.6) is 0 Å². The van der Waals surface area contributed by atoms with E-state index in [0.29, 0.717) is 12.1 Å². The number of hydrogen-bond donors (Lipinski definition) is 2. The van der Waals surface area contributed by atoms with Gasteiger partial charge in [0.05, 0.1) is 11.5 Å². The lowest BCUT2D eigenvalue weighted by Crippen LogP contribution is -2.40. The Morgan fingerprint density at radius 3 is 2.76 bits per heavy atom. The van der Waals surface area contributed by atoms with E-state index in [2.05, 4.69) is 10.6 Å². The first-order valence-corrected chi connectivity index (χ1v) is 6.61. The number of piperidine rings is 1. The van der Waals surface area contributed by atoms with Crippen molar-refractivity contribution in [2.75, 3.05) is 13.1 Å². The van der Waals surface area contributed by atoms with Crippen LogP contribution in [0.1, 0.15) is 24.0 Å². The zero-order valence-corrected chi connectivity index (χ0v) is 12.2. The Morgan fingerprint density at radius 2 is 2.14 bits per heavy atom. The number of nitrogens with one attached hydrogen (secondary N) is 2. The molecular formula is C14H18ClF3N2O. The van der Waals surface area contributed by atoms with Gasteiger partial charge >= 0.3 is 6.18 Å². The van der Waals surface area contributed by atoms with Gasteiger partial charge in [-0.15, -0.1) is 12.4 Å². The molecule has 0 spiro atoms. The fraction of sp³-hybridized carbons (Fsp3) is 0.500. The van der Waals surface area contributed by atoms with Crippen LogP contribution in [0.3, 0.4) is 0 Å². The van der Waals surface area contributed by atoms with Crippen molar-refractivity contribution in [1.29, 1.82) is 0 Å². The second-order valence-corrected chi connectivity index (χ2v) is 4.96. The first kappa shape index (κ1) is 17.8. The number of carbonyl (C=O) groups excluding carboxylic acids is 1. The molecule has 1 heterocycles. The van der Waals surface area contributed by atoms with Gasteiger partial charge in [-0.3, -0.25) is 4.79 Å². The van der Waals surface area contributed by atoms with E-state index in [4.69, 9.17) is 0 Å². The molecule has 7 heteroatoms. The van der Waals surface area contributed by atoms with E-state index in [1.165, 1.54) is 6.07 Å². The summed E-state index contributed by atoms with van der Waals surface area (Å²) in [4.78, 5) is 11.9. The van der Waals surface area contributed by atoms with Crippen molar-refractivity contribution >= 4 is 18.3 Å². The van der Waals surface area contributed by atoms with Crippen LogP contribution in [0.25, 0.3) is 0 Å². The standard InChI is InChI=1S/C14H17F3N2O.ClH/c15-14(16,17)12-5-1-3-10(7-12)8-19-13(20)11-4-2-6-18-9-11;/h1,3,5,7,11,18H,2,4,6,8-9H2,(H,19,20);1H/t11-;/m1./s1. The maximum atomic E-state index is 12.6. The van der Waals surface area contributed by atoms with Crippen molar-refractivity contribution in [3.63, 3.8) is 0 Å². The molecule has 1 aromatic carbocycles. The van der Waals surface area contributed by atoms with E-state index in [1.807, 2.05) is 0 Å². The summed E-state index contributed by atoms with van der Waals surface area (Å²) in [5.41, 5.74) is -0.236. The van der Waals surface area contributed by atoms with Crippen LogP contribution < -0.4 is 10.6 Å². The van der Waals surface area contributed by atoms with Gasteiger partial charge in [-0.2, -0.15) is 13.2 Å². The van der Waals surface area contributed by atoms with E-state index >= 15 is 0 Å². The minimum Gasteiger partial charge on any atom is -0.352 e. The van der Waals surface area contributed by atoms with Crippen molar-refractivity contribution in [3.8, 4) is 0 Å². The van der Waals surface area contributed by atoms with Crippen LogP contribution in [0.4, 0.5) is 13.2 Å². The summed E-state index contributed by atoms with van der Waals surface area (Å²) in [6.07, 6.45) is -2.59. The number of benzene rings is 1. The maximum Gasteiger partial charge on any atom is 0.416 e. The number of hydrogen-bond acceptors (Lipinski definition) is 2. The van der Waals surface area contributed by atoms with Crippen molar-refractivity contribution in [1.82, 2.24) is 10.6 Å². The zero-order valence-electron chi connectivity index (χ0n) is 11.4. The average molecular weight is 323 g/mol. The largest absolute Gasteiger partial charge is 0.416 e. The molecule has 0 radical (unpaired) electrons. The molecule has 1 fully saturated rings. The minimum absolute atomic E-state index is 0. The normalized spacial score (nSPS) is 18.7. The molecule has 1 atom stereocenters. The molecule has 1 aliphatic heterocycles. The highest BCUT2D eigenvalue weighted by atomic mass is 35.5. The third-order valence-electron chi connectivity index (χ3n) is 3.39. The van der Waals surface area contributed by atoms with E-state index < -0.39 is 11.7 Å². The Bertz CT molecular complexity index is 474. The Labute approximate surface area is 127 Å². The summed E-state index contributed by atoms with van der Waals surface area (Å²) < 4.78 is 37.7. The molecule has 0 bridgehead atoms. The summed E-state index contributed by atoms with van der Waals surface area (Å²) in [7, 11) is 0. The average Bonchev–Trinajstić information content (AvgIpc) is 2.45. The quantitative estimate of drug-likeness (QED) is 0.898. The molecule has 0 unspecified atom stereocenters. The molecular weight excluding hydrogens is 305 g/mol. The Morgan fingerprint density at radius 1 is 1.38 bits per heavy atom. The molecule has 1 amide bonds. The minimum atomic E-state index is -4.35. The highest BCUT2D eigenvalue weighted by Crippen LogP contribution is 2.29. The van der Waals surface area contributed by atoms with Gasteiger partial charge in [0, 0.05) is 13.1 Å². The summed E-state index contributed by atoms with van der Waals surface area (Å²) >= 11 is 0. The predicted molar refractivity (Wildman–Crippen MR) is 76.1 cm³/mol. The number of carbonyl (C=O) groups is 1. The molecule has 21 heavy (non-hydrogen) atoms. The van der Waals surface area contributed by atoms with Crippen LogP contribution in [0, 0.1) is 5.92 Å². The second-order valence-electron chi connectivity index (χ2n) is 4.96. The van der Waals surface area contributed by atoms with Crippen molar-refractivity contribution in [3.05, 3.63) is 35.4 Å². The first-order valence-electron chi connectivity index (χ1n) is 6.61. The van der Waals surface area contributed by atoms with Gasteiger partial charge in [0.2, 0.25) is 5.91 Å². The molecule has 0 aliphatic carbocycles. The van der Waals surface area contributed by atoms with Crippen molar-refractivity contribution in [2.45, 2.75) is 25.6 Å². The van der Waals surface area contributed by atoms with E-state index in [-0.39, 0.29) is 30.8 Å². The molecule has 2 N–H and O–H groups in total. The Balaban J connectivity index is 0.00000220. The number of amides is 1. The number of rotatable bonds is 3. The fourth-order valence-corrected chi connectivity index (χ4v) is 2.27. The molecule has 1 aromatic rings. The third kappa shape index (κ3) is 5.21. The lowest BCUT2D eigenvalue weighted by Gasteiger charge is -2.22. The summed E-state index contributed by atoms with van der Waals surface area (Å²) in [6.45, 7) is 1.67. The van der Waals surface area contributed by atoms with Gasteiger partial charge < -0.3 is 10.6 Å². The van der Waals surface area contributed by atoms with E-state index in [9.17, 15) is 18.0 Å². The number of halogens is 4. The molecule has 0 saturated carbocycles. The van der Waals surface area contributed by atoms with Gasteiger partial charge in [0.15, 0.2) is 0 Å². The van der Waals surface area contributed by atoms with Gasteiger partial charge in [-0.1, -0.05) is 12.1 Å². The highest BCUT2D eigenvalue weighted by molar-refractivity contribution is 5.85. The first-order chi connectivity index (χ1) is 9.47. The van der Waals surface area contributed by atoms with E-state index in [1.54, 1.807) is 6.07 Å². The van der Waals surface area contributed by atoms with Crippen molar-refractivity contribution in [2.24, 2.45) is 5.92 Å². The molecule has 0 aromatic heterocycles. The van der Waals surface area contributed by atoms with Crippen molar-refractivity contribution < 1.29 is 18.0 Å². The highest BCUT2D eigenvalue weighted by Gasteiger charge is 2.30. The van der Waals surface area contributed by atoms with Crippen LogP contribution in [0.15, 0.2) is 24.3 Å². The van der Waals surface area contributed by atoms with Crippen LogP contribution in [-0.2, 0) is 17.5 Å². The van der Waals surface area contributed by atoms with Gasteiger partial charge in [0.25, 0.3) is 0 Å². The molecule has 2 rings (SSSR count).